The molecule has 2 unspecified atom stereocenters. The maximum absolute atomic E-state index is 14.0. The van der Waals surface area contributed by atoms with Crippen molar-refractivity contribution >= 4 is 33.4 Å². The van der Waals surface area contributed by atoms with Crippen LogP contribution >= 0.6 is 0 Å². The van der Waals surface area contributed by atoms with Crippen molar-refractivity contribution in [1.29, 1.82) is 0 Å². The third kappa shape index (κ3) is 3.63. The van der Waals surface area contributed by atoms with Gasteiger partial charge >= 0.3 is 6.09 Å². The average Bonchev–Trinajstić information content (AvgIpc) is 3.15. The molecule has 6 rings (SSSR count). The van der Waals surface area contributed by atoms with Gasteiger partial charge in [-0.05, 0) is 58.9 Å². The van der Waals surface area contributed by atoms with Gasteiger partial charge in [-0.25, -0.2) is 4.79 Å². The lowest BCUT2D eigenvalue weighted by molar-refractivity contribution is 0.0486. The molecule has 0 N–H and O–H groups in total. The van der Waals surface area contributed by atoms with Crippen molar-refractivity contribution in [2.24, 2.45) is 5.92 Å². The van der Waals surface area contributed by atoms with Crippen molar-refractivity contribution in [3.63, 3.8) is 0 Å². The zero-order valence-electron chi connectivity index (χ0n) is 19.0. The fourth-order valence-electron chi connectivity index (χ4n) is 5.97. The summed E-state index contributed by atoms with van der Waals surface area (Å²) in [6.45, 7) is 0.278. The molecule has 0 radical (unpaired) electrons. The first-order valence-electron chi connectivity index (χ1n) is 12.1. The maximum Gasteiger partial charge on any atom is 0.410 e. The largest absolute Gasteiger partial charge is 0.445 e. The van der Waals surface area contributed by atoms with Crippen LogP contribution in [-0.4, -0.2) is 28.9 Å². The number of Topliss-reactive ketones (excluding diaryl/α,β-unsaturated/α-hetero) is 1. The first-order valence-corrected chi connectivity index (χ1v) is 12.1. The molecule has 4 nitrogen and oxygen atoms in total. The van der Waals surface area contributed by atoms with Crippen LogP contribution in [0.3, 0.4) is 0 Å². The summed E-state index contributed by atoms with van der Waals surface area (Å²) in [7, 11) is 0. The van der Waals surface area contributed by atoms with Gasteiger partial charge in [0.05, 0.1) is 0 Å². The minimum absolute atomic E-state index is 0.0669. The highest BCUT2D eigenvalue weighted by molar-refractivity contribution is 6.19. The van der Waals surface area contributed by atoms with E-state index in [0.717, 1.165) is 45.5 Å². The number of nitrogens with zero attached hydrogens (tertiary/aromatic N) is 1. The molecule has 0 spiro atoms. The number of piperidine rings is 1. The van der Waals surface area contributed by atoms with E-state index >= 15 is 0 Å². The van der Waals surface area contributed by atoms with E-state index in [1.807, 2.05) is 59.5 Å². The summed E-state index contributed by atoms with van der Waals surface area (Å²) in [4.78, 5) is 28.9. The summed E-state index contributed by atoms with van der Waals surface area (Å²) in [5, 5.41) is 4.22. The van der Waals surface area contributed by atoms with Crippen LogP contribution in [0.1, 0.15) is 41.6 Å². The van der Waals surface area contributed by atoms with E-state index in [1.165, 1.54) is 0 Å². The SMILES string of the molecule is O=C(c1c2ccccc2cc2ccccc12)C1CC2CCC(C1)N2C(=O)OCc1ccccc1. The zero-order valence-corrected chi connectivity index (χ0v) is 19.0. The molecule has 0 aromatic heterocycles. The zero-order chi connectivity index (χ0) is 23.1. The van der Waals surface area contributed by atoms with Gasteiger partial charge in [0.25, 0.3) is 0 Å². The first-order chi connectivity index (χ1) is 16.7. The number of fused-ring (bicyclic) bond motifs is 4. The van der Waals surface area contributed by atoms with Crippen LogP contribution in [0.5, 0.6) is 0 Å². The van der Waals surface area contributed by atoms with Gasteiger partial charge in [0.1, 0.15) is 6.61 Å². The minimum Gasteiger partial charge on any atom is -0.445 e. The Balaban J connectivity index is 1.25. The van der Waals surface area contributed by atoms with E-state index in [2.05, 4.69) is 30.3 Å². The summed E-state index contributed by atoms with van der Waals surface area (Å²) in [6, 6.07) is 28.4. The molecule has 34 heavy (non-hydrogen) atoms. The number of hydrogen-bond donors (Lipinski definition) is 0. The van der Waals surface area contributed by atoms with Gasteiger partial charge in [0.15, 0.2) is 5.78 Å². The molecule has 2 aliphatic heterocycles. The topological polar surface area (TPSA) is 46.6 Å². The Labute approximate surface area is 199 Å². The monoisotopic (exact) mass is 449 g/mol. The van der Waals surface area contributed by atoms with E-state index in [-0.39, 0.29) is 36.5 Å². The Bertz CT molecular complexity index is 1310. The van der Waals surface area contributed by atoms with Gasteiger partial charge in [-0.2, -0.15) is 0 Å². The molecule has 0 saturated carbocycles. The van der Waals surface area contributed by atoms with Gasteiger partial charge in [-0.3, -0.25) is 4.79 Å². The van der Waals surface area contributed by atoms with Crippen LogP contribution in [0.15, 0.2) is 84.9 Å². The molecule has 1 amide bonds. The molecule has 4 aromatic carbocycles. The third-order valence-electron chi connectivity index (χ3n) is 7.54. The van der Waals surface area contributed by atoms with Crippen LogP contribution in [0.4, 0.5) is 4.79 Å². The summed E-state index contributed by atoms with van der Waals surface area (Å²) in [5.41, 5.74) is 1.81. The molecule has 2 atom stereocenters. The molecule has 0 aliphatic carbocycles. The van der Waals surface area contributed by atoms with Crippen molar-refractivity contribution in [1.82, 2.24) is 4.90 Å². The van der Waals surface area contributed by atoms with E-state index in [1.54, 1.807) is 0 Å². The summed E-state index contributed by atoms with van der Waals surface area (Å²) in [6.07, 6.45) is 3.02. The molecular formula is C30H27NO3. The van der Waals surface area contributed by atoms with Gasteiger partial charge in [-0.1, -0.05) is 78.9 Å². The van der Waals surface area contributed by atoms with Crippen molar-refractivity contribution in [3.05, 3.63) is 96.1 Å². The number of carbonyl (C=O) groups is 2. The molecule has 2 heterocycles. The predicted octanol–water partition coefficient (Wildman–Crippen LogP) is 6.76. The van der Waals surface area contributed by atoms with Crippen LogP contribution in [-0.2, 0) is 11.3 Å². The highest BCUT2D eigenvalue weighted by atomic mass is 16.6. The van der Waals surface area contributed by atoms with Gasteiger partial charge in [-0.15, -0.1) is 0 Å². The molecule has 2 fully saturated rings. The lowest BCUT2D eigenvalue weighted by atomic mass is 9.82. The smallest absolute Gasteiger partial charge is 0.410 e. The number of ketones is 1. The van der Waals surface area contributed by atoms with Crippen molar-refractivity contribution in [3.8, 4) is 0 Å². The molecule has 2 aliphatic rings. The molecule has 4 aromatic rings. The molecule has 2 saturated heterocycles. The highest BCUT2D eigenvalue weighted by Crippen LogP contribution is 2.42. The Hall–Kier alpha value is -3.66. The minimum atomic E-state index is -0.252. The van der Waals surface area contributed by atoms with Crippen LogP contribution in [0, 0.1) is 5.92 Å². The molecular weight excluding hydrogens is 422 g/mol. The second kappa shape index (κ2) is 8.60. The van der Waals surface area contributed by atoms with Gasteiger partial charge < -0.3 is 9.64 Å². The van der Waals surface area contributed by atoms with Crippen molar-refractivity contribution in [2.45, 2.75) is 44.4 Å². The Morgan fingerprint density at radius 1 is 0.765 bits per heavy atom. The number of ether oxygens (including phenoxy) is 1. The fraction of sp³-hybridized carbons (Fsp3) is 0.267. The Morgan fingerprint density at radius 2 is 1.32 bits per heavy atom. The lowest BCUT2D eigenvalue weighted by Gasteiger charge is -2.37. The van der Waals surface area contributed by atoms with Crippen LogP contribution < -0.4 is 0 Å². The highest BCUT2D eigenvalue weighted by Gasteiger charge is 2.46. The number of carbonyl (C=O) groups excluding carboxylic acids is 2. The Kier molecular flexibility index (Phi) is 5.29. The van der Waals surface area contributed by atoms with Crippen molar-refractivity contribution < 1.29 is 14.3 Å². The lowest BCUT2D eigenvalue weighted by Crippen LogP contribution is -2.48. The molecule has 4 heteroatoms. The predicted molar refractivity (Wildman–Crippen MR) is 134 cm³/mol. The standard InChI is InChI=1S/C30H27NO3/c32-29(28-26-12-6-4-10-21(26)16-22-11-5-7-13-27(22)28)23-17-24-14-15-25(18-23)31(24)30(33)34-19-20-8-2-1-3-9-20/h1-13,16,23-25H,14-15,17-19H2. The second-order valence-corrected chi connectivity index (χ2v) is 9.56. The Morgan fingerprint density at radius 3 is 1.94 bits per heavy atom. The molecule has 170 valence electrons. The van der Waals surface area contributed by atoms with Crippen molar-refractivity contribution in [2.75, 3.05) is 0 Å². The van der Waals surface area contributed by atoms with Gasteiger partial charge in [0, 0.05) is 23.6 Å². The average molecular weight is 450 g/mol. The number of hydrogen-bond acceptors (Lipinski definition) is 3. The van der Waals surface area contributed by atoms with E-state index in [0.29, 0.717) is 12.8 Å². The summed E-state index contributed by atoms with van der Waals surface area (Å²) in [5.74, 6) is 0.132. The number of amides is 1. The number of benzene rings is 4. The summed E-state index contributed by atoms with van der Waals surface area (Å²) >= 11 is 0. The van der Waals surface area contributed by atoms with E-state index < -0.39 is 0 Å². The summed E-state index contributed by atoms with van der Waals surface area (Å²) < 4.78 is 5.65. The number of rotatable bonds is 4. The molecule has 2 bridgehead atoms. The van der Waals surface area contributed by atoms with Gasteiger partial charge in [0.2, 0.25) is 0 Å². The van der Waals surface area contributed by atoms with E-state index in [9.17, 15) is 9.59 Å². The normalized spacial score (nSPS) is 21.6. The third-order valence-corrected chi connectivity index (χ3v) is 7.54. The fourth-order valence-corrected chi connectivity index (χ4v) is 5.97. The maximum atomic E-state index is 14.0. The quantitative estimate of drug-likeness (QED) is 0.256. The van der Waals surface area contributed by atoms with Crippen LogP contribution in [0.25, 0.3) is 21.5 Å². The van der Waals surface area contributed by atoms with E-state index in [4.69, 9.17) is 4.74 Å². The van der Waals surface area contributed by atoms with Crippen LogP contribution in [0.2, 0.25) is 0 Å². The second-order valence-electron chi connectivity index (χ2n) is 9.56. The first kappa shape index (κ1) is 20.9.